The number of thiophene rings is 1. The summed E-state index contributed by atoms with van der Waals surface area (Å²) in [6.07, 6.45) is 8.02. The average molecular weight is 340 g/mol. The maximum Gasteiger partial charge on any atom is 0.261 e. The van der Waals surface area contributed by atoms with Crippen molar-refractivity contribution in [3.8, 4) is 11.1 Å². The molecule has 2 atom stereocenters. The van der Waals surface area contributed by atoms with Crippen LogP contribution in [0.2, 0.25) is 0 Å². The number of nitrogens with zero attached hydrogens (tertiary/aromatic N) is 2. The maximum atomic E-state index is 12.5. The van der Waals surface area contributed by atoms with Gasteiger partial charge in [0.15, 0.2) is 0 Å². The molecule has 3 aromatic rings. The zero-order chi connectivity index (χ0) is 16.5. The number of amides is 1. The van der Waals surface area contributed by atoms with Crippen molar-refractivity contribution in [2.24, 2.45) is 5.73 Å². The van der Waals surface area contributed by atoms with E-state index in [-0.39, 0.29) is 18.0 Å². The van der Waals surface area contributed by atoms with Crippen LogP contribution >= 0.6 is 11.3 Å². The zero-order valence-electron chi connectivity index (χ0n) is 13.3. The van der Waals surface area contributed by atoms with Gasteiger partial charge in [-0.3, -0.25) is 4.79 Å². The molecule has 1 saturated carbocycles. The third-order valence-corrected chi connectivity index (χ3v) is 5.63. The molecule has 5 nitrogen and oxygen atoms in total. The first-order chi connectivity index (χ1) is 11.7. The highest BCUT2D eigenvalue weighted by Gasteiger charge is 2.24. The van der Waals surface area contributed by atoms with Crippen LogP contribution in [0.25, 0.3) is 16.6 Å². The second-order valence-electron chi connectivity index (χ2n) is 6.32. The predicted molar refractivity (Wildman–Crippen MR) is 96.2 cm³/mol. The van der Waals surface area contributed by atoms with Crippen LogP contribution < -0.4 is 11.1 Å². The van der Waals surface area contributed by atoms with Crippen LogP contribution in [0.1, 0.15) is 35.4 Å². The average Bonchev–Trinajstić information content (AvgIpc) is 3.23. The van der Waals surface area contributed by atoms with E-state index < -0.39 is 0 Å². The van der Waals surface area contributed by atoms with Gasteiger partial charge in [0.25, 0.3) is 5.91 Å². The number of nitrogens with one attached hydrogen (secondary N) is 1. The van der Waals surface area contributed by atoms with Gasteiger partial charge in [-0.05, 0) is 42.0 Å². The van der Waals surface area contributed by atoms with E-state index in [1.807, 2.05) is 46.6 Å². The Morgan fingerprint density at radius 2 is 2.21 bits per heavy atom. The van der Waals surface area contributed by atoms with E-state index in [9.17, 15) is 4.79 Å². The van der Waals surface area contributed by atoms with E-state index >= 15 is 0 Å². The Kier molecular flexibility index (Phi) is 4.08. The van der Waals surface area contributed by atoms with Gasteiger partial charge in [0.1, 0.15) is 0 Å². The van der Waals surface area contributed by atoms with Crippen molar-refractivity contribution in [2.45, 2.75) is 37.8 Å². The maximum absolute atomic E-state index is 12.5. The molecule has 3 heterocycles. The molecule has 6 heteroatoms. The predicted octanol–water partition coefficient (Wildman–Crippen LogP) is 3.06. The number of hydrogen-bond acceptors (Lipinski definition) is 4. The molecule has 0 saturated heterocycles. The number of carbonyl (C=O) groups is 1. The summed E-state index contributed by atoms with van der Waals surface area (Å²) in [5.41, 5.74) is 9.24. The summed E-state index contributed by atoms with van der Waals surface area (Å²) in [5, 5.41) is 9.48. The Labute approximate surface area is 144 Å². The van der Waals surface area contributed by atoms with Crippen molar-refractivity contribution in [1.29, 1.82) is 0 Å². The number of nitrogens with two attached hydrogens (primary N) is 1. The minimum Gasteiger partial charge on any atom is -0.347 e. The quantitative estimate of drug-likeness (QED) is 0.770. The van der Waals surface area contributed by atoms with Crippen LogP contribution in [0.4, 0.5) is 0 Å². The van der Waals surface area contributed by atoms with E-state index in [2.05, 4.69) is 10.4 Å². The Morgan fingerprint density at radius 3 is 3.08 bits per heavy atom. The Bertz CT molecular complexity index is 869. The highest BCUT2D eigenvalue weighted by atomic mass is 32.1. The lowest BCUT2D eigenvalue weighted by atomic mass is 9.91. The summed E-state index contributed by atoms with van der Waals surface area (Å²) < 4.78 is 1.84. The van der Waals surface area contributed by atoms with E-state index in [0.29, 0.717) is 0 Å². The van der Waals surface area contributed by atoms with Crippen LogP contribution in [-0.2, 0) is 0 Å². The lowest BCUT2D eigenvalue weighted by Crippen LogP contribution is -2.49. The topological polar surface area (TPSA) is 72.4 Å². The van der Waals surface area contributed by atoms with Gasteiger partial charge in [0.05, 0.1) is 16.6 Å². The lowest BCUT2D eigenvalue weighted by molar-refractivity contribution is 0.0925. The van der Waals surface area contributed by atoms with Crippen LogP contribution in [0.15, 0.2) is 42.0 Å². The smallest absolute Gasteiger partial charge is 0.261 e. The number of aromatic nitrogens is 2. The molecule has 0 aliphatic heterocycles. The highest BCUT2D eigenvalue weighted by Crippen LogP contribution is 2.29. The third-order valence-electron chi connectivity index (χ3n) is 4.70. The zero-order valence-corrected chi connectivity index (χ0v) is 14.1. The number of fused-ring (bicyclic) bond motifs is 1. The van der Waals surface area contributed by atoms with Crippen molar-refractivity contribution in [2.75, 3.05) is 0 Å². The largest absolute Gasteiger partial charge is 0.347 e. The van der Waals surface area contributed by atoms with Gasteiger partial charge in [-0.1, -0.05) is 18.9 Å². The van der Waals surface area contributed by atoms with E-state index in [4.69, 9.17) is 5.73 Å². The fraction of sp³-hybridized carbons (Fsp3) is 0.333. The molecule has 1 aliphatic carbocycles. The van der Waals surface area contributed by atoms with Gasteiger partial charge < -0.3 is 11.1 Å². The summed E-state index contributed by atoms with van der Waals surface area (Å²) in [6.45, 7) is 0. The molecule has 0 aromatic carbocycles. The summed E-state index contributed by atoms with van der Waals surface area (Å²) >= 11 is 1.46. The van der Waals surface area contributed by atoms with Crippen LogP contribution in [-0.4, -0.2) is 27.6 Å². The molecular weight excluding hydrogens is 320 g/mol. The summed E-state index contributed by atoms with van der Waals surface area (Å²) in [4.78, 5) is 13.2. The van der Waals surface area contributed by atoms with Crippen molar-refractivity contribution in [1.82, 2.24) is 14.9 Å². The number of pyridine rings is 1. The second-order valence-corrected chi connectivity index (χ2v) is 7.23. The number of rotatable bonds is 3. The minimum absolute atomic E-state index is 0.0231. The highest BCUT2D eigenvalue weighted by molar-refractivity contribution is 7.12. The lowest BCUT2D eigenvalue weighted by Gasteiger charge is -2.29. The summed E-state index contributed by atoms with van der Waals surface area (Å²) in [7, 11) is 0. The van der Waals surface area contributed by atoms with Crippen molar-refractivity contribution in [3.63, 3.8) is 0 Å². The fourth-order valence-corrected chi connectivity index (χ4v) is 4.14. The Morgan fingerprint density at radius 1 is 1.33 bits per heavy atom. The molecule has 3 N–H and O–H groups in total. The normalized spacial score (nSPS) is 21.0. The first-order valence-electron chi connectivity index (χ1n) is 8.30. The molecule has 0 radical (unpaired) electrons. The summed E-state index contributed by atoms with van der Waals surface area (Å²) in [6, 6.07) is 8.07. The van der Waals surface area contributed by atoms with E-state index in [0.717, 1.165) is 47.2 Å². The van der Waals surface area contributed by atoms with Crippen LogP contribution in [0.5, 0.6) is 0 Å². The van der Waals surface area contributed by atoms with Gasteiger partial charge in [-0.15, -0.1) is 11.3 Å². The molecule has 0 bridgehead atoms. The molecule has 1 aliphatic rings. The molecule has 124 valence electrons. The molecule has 3 aromatic heterocycles. The molecule has 0 unspecified atom stereocenters. The monoisotopic (exact) mass is 340 g/mol. The minimum atomic E-state index is -0.0231. The SMILES string of the molecule is N[C@@H]1CCCC[C@@H]1NC(=O)c1cc(-c2cnn3ccccc23)cs1. The number of hydrogen-bond donors (Lipinski definition) is 2. The van der Waals surface area contributed by atoms with Gasteiger partial charge in [0, 0.05) is 23.8 Å². The van der Waals surface area contributed by atoms with Crippen LogP contribution in [0.3, 0.4) is 0 Å². The standard InChI is InChI=1S/C18H20N4OS/c19-14-5-1-2-6-15(14)21-18(23)17-9-12(11-24-17)13-10-20-22-8-4-3-7-16(13)22/h3-4,7-11,14-15H,1-2,5-6,19H2,(H,21,23)/t14-,15+/m1/s1. The van der Waals surface area contributed by atoms with Gasteiger partial charge in [-0.2, -0.15) is 5.10 Å². The fourth-order valence-electron chi connectivity index (χ4n) is 3.33. The Hall–Kier alpha value is -2.18. The van der Waals surface area contributed by atoms with Gasteiger partial charge in [-0.25, -0.2) is 4.52 Å². The molecule has 4 rings (SSSR count). The van der Waals surface area contributed by atoms with Crippen molar-refractivity contribution < 1.29 is 4.79 Å². The molecule has 0 spiro atoms. The molecule has 1 amide bonds. The number of carbonyl (C=O) groups excluding carboxylic acids is 1. The Balaban J connectivity index is 1.55. The second kappa shape index (κ2) is 6.37. The van der Waals surface area contributed by atoms with E-state index in [1.165, 1.54) is 11.3 Å². The molecule has 1 fully saturated rings. The van der Waals surface area contributed by atoms with Gasteiger partial charge >= 0.3 is 0 Å². The van der Waals surface area contributed by atoms with Crippen molar-refractivity contribution >= 4 is 22.8 Å². The first kappa shape index (κ1) is 15.4. The summed E-state index contributed by atoms with van der Waals surface area (Å²) in [5.74, 6) is -0.0231. The van der Waals surface area contributed by atoms with E-state index in [1.54, 1.807) is 0 Å². The van der Waals surface area contributed by atoms with Crippen LogP contribution in [0, 0.1) is 0 Å². The molecular formula is C18H20N4OS. The third kappa shape index (κ3) is 2.83. The molecule has 24 heavy (non-hydrogen) atoms. The first-order valence-corrected chi connectivity index (χ1v) is 9.18. The van der Waals surface area contributed by atoms with Crippen molar-refractivity contribution in [3.05, 3.63) is 46.9 Å². The van der Waals surface area contributed by atoms with Gasteiger partial charge in [0.2, 0.25) is 0 Å².